The highest BCUT2D eigenvalue weighted by Gasteiger charge is 2.56. The van der Waals surface area contributed by atoms with E-state index in [4.69, 9.17) is 4.43 Å². The van der Waals surface area contributed by atoms with Crippen molar-refractivity contribution in [3.05, 3.63) is 35.9 Å². The van der Waals surface area contributed by atoms with E-state index in [0.717, 1.165) is 5.56 Å². The first-order valence-corrected chi connectivity index (χ1v) is 12.9. The Labute approximate surface area is 172 Å². The molecule has 1 fully saturated rings. The Hall–Kier alpha value is -1.38. The molecule has 164 valence electrons. The van der Waals surface area contributed by atoms with Crippen molar-refractivity contribution in [2.45, 2.75) is 83.2 Å². The zero-order valence-electron chi connectivity index (χ0n) is 18.1. The number of carbonyl (C=O) groups is 1. The zero-order chi connectivity index (χ0) is 22.0. The number of rotatable bonds is 7. The Bertz CT molecular complexity index is 682. The maximum Gasteiger partial charge on any atom is 0.256 e. The molecule has 0 bridgehead atoms. The molecule has 29 heavy (non-hydrogen) atoms. The molecule has 0 unspecified atom stereocenters. The van der Waals surface area contributed by atoms with Crippen LogP contribution < -0.4 is 5.32 Å². The Morgan fingerprint density at radius 1 is 1.24 bits per heavy atom. The summed E-state index contributed by atoms with van der Waals surface area (Å²) in [6, 6.07) is 6.88. The fourth-order valence-corrected chi connectivity index (χ4v) is 4.74. The van der Waals surface area contributed by atoms with Crippen molar-refractivity contribution in [2.75, 3.05) is 6.54 Å². The first kappa shape index (κ1) is 23.9. The van der Waals surface area contributed by atoms with Gasteiger partial charge in [0, 0.05) is 20.0 Å². The van der Waals surface area contributed by atoms with Crippen LogP contribution in [0.2, 0.25) is 18.1 Å². The average molecular weight is 431 g/mol. The predicted octanol–water partition coefficient (Wildman–Crippen LogP) is 4.37. The molecular weight excluding hydrogens is 397 g/mol. The van der Waals surface area contributed by atoms with E-state index < -0.39 is 39.1 Å². The van der Waals surface area contributed by atoms with Gasteiger partial charge < -0.3 is 9.74 Å². The van der Waals surface area contributed by atoms with Gasteiger partial charge in [0.2, 0.25) is 5.91 Å². The molecule has 1 N–H and O–H groups in total. The van der Waals surface area contributed by atoms with E-state index in [1.165, 1.54) is 11.8 Å². The van der Waals surface area contributed by atoms with Crippen molar-refractivity contribution < 1.29 is 22.4 Å². The van der Waals surface area contributed by atoms with Crippen molar-refractivity contribution in [2.24, 2.45) is 0 Å². The lowest BCUT2D eigenvalue weighted by Crippen LogP contribution is -2.51. The molecule has 1 amide bonds. The lowest BCUT2D eigenvalue weighted by atomic mass is 10.1. The van der Waals surface area contributed by atoms with Crippen molar-refractivity contribution in [1.29, 1.82) is 0 Å². The zero-order valence-corrected chi connectivity index (χ0v) is 19.1. The molecule has 0 aliphatic carbocycles. The summed E-state index contributed by atoms with van der Waals surface area (Å²) >= 11 is 0. The first-order valence-electron chi connectivity index (χ1n) is 9.99. The van der Waals surface area contributed by atoms with Gasteiger partial charge in [0.15, 0.2) is 8.32 Å². The highest BCUT2D eigenvalue weighted by atomic mass is 28.4. The van der Waals surface area contributed by atoms with Gasteiger partial charge in [-0.3, -0.25) is 9.69 Å². The number of nitrogens with one attached hydrogen (secondary N) is 1. The first-order chi connectivity index (χ1) is 13.3. The van der Waals surface area contributed by atoms with E-state index in [0.29, 0.717) is 0 Å². The maximum atomic E-state index is 15.6. The number of hydrogen-bond donors (Lipinski definition) is 1. The summed E-state index contributed by atoms with van der Waals surface area (Å²) in [5.74, 6) is -0.320. The number of hydrogen-bond acceptors (Lipinski definition) is 3. The van der Waals surface area contributed by atoms with E-state index in [1.54, 1.807) is 0 Å². The summed E-state index contributed by atoms with van der Waals surface area (Å²) in [6.07, 6.45) is -5.63. The van der Waals surface area contributed by atoms with E-state index in [-0.39, 0.29) is 24.0 Å². The molecule has 8 heteroatoms. The summed E-state index contributed by atoms with van der Waals surface area (Å²) in [7, 11) is -2.48. The van der Waals surface area contributed by atoms with Gasteiger partial charge in [-0.15, -0.1) is 0 Å². The van der Waals surface area contributed by atoms with Crippen LogP contribution in [0.1, 0.15) is 33.3 Å². The summed E-state index contributed by atoms with van der Waals surface area (Å²) in [5.41, 5.74) is 0.811. The SMILES string of the molecule is CC(=O)NC[C@@H]1[C@@H](F)[C@H](O[Si](C)(C)C(C)(C)C)[C@@H](C(F)F)N1Cc1ccccc1. The van der Waals surface area contributed by atoms with Crippen LogP contribution >= 0.6 is 0 Å². The average Bonchev–Trinajstić information content (AvgIpc) is 2.84. The van der Waals surface area contributed by atoms with Gasteiger partial charge in [0.25, 0.3) is 6.43 Å². The molecule has 1 saturated heterocycles. The highest BCUT2D eigenvalue weighted by molar-refractivity contribution is 6.74. The molecule has 0 radical (unpaired) electrons. The van der Waals surface area contributed by atoms with Crippen LogP contribution in [0.3, 0.4) is 0 Å². The second-order valence-corrected chi connectivity index (χ2v) is 14.0. The third-order valence-electron chi connectivity index (χ3n) is 6.09. The summed E-state index contributed by atoms with van der Waals surface area (Å²) in [4.78, 5) is 12.9. The number of alkyl halides is 3. The molecule has 0 spiro atoms. The molecule has 1 aliphatic rings. The third kappa shape index (κ3) is 5.61. The van der Waals surface area contributed by atoms with Crippen LogP contribution in [0.15, 0.2) is 30.3 Å². The number of amides is 1. The lowest BCUT2D eigenvalue weighted by molar-refractivity contribution is -0.119. The van der Waals surface area contributed by atoms with Crippen molar-refractivity contribution in [3.63, 3.8) is 0 Å². The molecule has 1 heterocycles. The number of likely N-dealkylation sites (tertiary alicyclic amines) is 1. The van der Waals surface area contributed by atoms with Crippen molar-refractivity contribution >= 4 is 14.2 Å². The molecule has 0 saturated carbocycles. The quantitative estimate of drug-likeness (QED) is 0.653. The Kier molecular flexibility index (Phi) is 7.56. The van der Waals surface area contributed by atoms with Gasteiger partial charge in [-0.05, 0) is 23.7 Å². The number of halogens is 3. The topological polar surface area (TPSA) is 41.6 Å². The van der Waals surface area contributed by atoms with Gasteiger partial charge >= 0.3 is 0 Å². The Morgan fingerprint density at radius 3 is 2.31 bits per heavy atom. The number of nitrogens with zero attached hydrogens (tertiary/aromatic N) is 1. The highest BCUT2D eigenvalue weighted by Crippen LogP contribution is 2.42. The molecule has 4 nitrogen and oxygen atoms in total. The van der Waals surface area contributed by atoms with E-state index in [2.05, 4.69) is 5.32 Å². The van der Waals surface area contributed by atoms with E-state index in [1.807, 2.05) is 64.2 Å². The molecule has 0 aromatic heterocycles. The maximum absolute atomic E-state index is 15.6. The van der Waals surface area contributed by atoms with Crippen LogP contribution in [-0.4, -0.2) is 56.5 Å². The van der Waals surface area contributed by atoms with Crippen molar-refractivity contribution in [1.82, 2.24) is 10.2 Å². The van der Waals surface area contributed by atoms with Gasteiger partial charge in [0.05, 0.1) is 18.2 Å². The third-order valence-corrected chi connectivity index (χ3v) is 10.6. The predicted molar refractivity (Wildman–Crippen MR) is 111 cm³/mol. The molecule has 2 rings (SSSR count). The van der Waals surface area contributed by atoms with Crippen LogP contribution in [0, 0.1) is 0 Å². The second kappa shape index (κ2) is 9.18. The molecule has 1 aliphatic heterocycles. The normalized spacial score (nSPS) is 26.1. The second-order valence-electron chi connectivity index (χ2n) is 9.27. The molecular formula is C21H33F3N2O2Si. The molecule has 1 aromatic carbocycles. The van der Waals surface area contributed by atoms with Gasteiger partial charge in [-0.1, -0.05) is 51.1 Å². The van der Waals surface area contributed by atoms with Gasteiger partial charge in [-0.25, -0.2) is 13.2 Å². The van der Waals surface area contributed by atoms with Gasteiger partial charge in [0.1, 0.15) is 6.17 Å². The Morgan fingerprint density at radius 2 is 1.83 bits per heavy atom. The van der Waals surface area contributed by atoms with Crippen LogP contribution in [0.4, 0.5) is 13.2 Å². The molecule has 1 aromatic rings. The van der Waals surface area contributed by atoms with Crippen molar-refractivity contribution in [3.8, 4) is 0 Å². The lowest BCUT2D eigenvalue weighted by Gasteiger charge is -2.40. The van der Waals surface area contributed by atoms with E-state index >= 15 is 4.39 Å². The molecule has 4 atom stereocenters. The minimum Gasteiger partial charge on any atom is -0.409 e. The summed E-state index contributed by atoms with van der Waals surface area (Å²) < 4.78 is 50.1. The fourth-order valence-electron chi connectivity index (χ4n) is 3.43. The largest absolute Gasteiger partial charge is 0.409 e. The van der Waals surface area contributed by atoms with E-state index in [9.17, 15) is 13.6 Å². The van der Waals surface area contributed by atoms with Crippen LogP contribution in [0.5, 0.6) is 0 Å². The van der Waals surface area contributed by atoms with Crippen LogP contribution in [-0.2, 0) is 15.8 Å². The summed E-state index contributed by atoms with van der Waals surface area (Å²) in [6.45, 7) is 11.3. The van der Waals surface area contributed by atoms with Crippen LogP contribution in [0.25, 0.3) is 0 Å². The summed E-state index contributed by atoms with van der Waals surface area (Å²) in [5, 5.41) is 2.36. The number of benzene rings is 1. The monoisotopic (exact) mass is 430 g/mol. The smallest absolute Gasteiger partial charge is 0.256 e. The minimum atomic E-state index is -2.77. The minimum absolute atomic E-state index is 0.0378. The number of carbonyl (C=O) groups excluding carboxylic acids is 1. The van der Waals surface area contributed by atoms with Gasteiger partial charge in [-0.2, -0.15) is 0 Å². The fraction of sp³-hybridized carbons (Fsp3) is 0.667. The standard InChI is InChI=1S/C21H33F3N2O2Si/c1-14(27)25-12-16-17(22)19(28-29(5,6)21(2,3)4)18(20(23)24)26(16)13-15-10-8-7-9-11-15/h7-11,16-20H,12-13H2,1-6H3,(H,25,27)/t16-,17-,18+,19+/m1/s1. The Balaban J connectivity index is 2.38.